The van der Waals surface area contributed by atoms with Gasteiger partial charge in [0, 0.05) is 24.1 Å². The van der Waals surface area contributed by atoms with Crippen LogP contribution in [0.15, 0.2) is 47.0 Å². The van der Waals surface area contributed by atoms with E-state index in [0.29, 0.717) is 47.0 Å². The van der Waals surface area contributed by atoms with Gasteiger partial charge >= 0.3 is 0 Å². The third kappa shape index (κ3) is 6.67. The molecule has 0 unspecified atom stereocenters. The third-order valence-electron chi connectivity index (χ3n) is 3.72. The molecule has 3 aromatic rings. The van der Waals surface area contributed by atoms with Crippen molar-refractivity contribution in [3.05, 3.63) is 57.0 Å². The Bertz CT molecular complexity index is 955. The lowest BCUT2D eigenvalue weighted by atomic mass is 10.2. The fourth-order valence-corrected chi connectivity index (χ4v) is 3.07. The summed E-state index contributed by atoms with van der Waals surface area (Å²) in [7, 11) is 0. The first-order valence-corrected chi connectivity index (χ1v) is 10.3. The zero-order chi connectivity index (χ0) is 21.3. The second kappa shape index (κ2) is 11.3. The highest BCUT2D eigenvalue weighted by atomic mass is 35.5. The Hall–Kier alpha value is -2.19. The summed E-state index contributed by atoms with van der Waals surface area (Å²) < 4.78 is 17.0. The molecule has 1 heterocycles. The SMILES string of the molecule is ClC(Cl)=CCOc1cc(Cl)c(OCCCOc2ccc(-c3nn[nH]n3)cc2)c(Cl)c1. The van der Waals surface area contributed by atoms with Gasteiger partial charge in [-0.3, -0.25) is 0 Å². The Morgan fingerprint density at radius 3 is 2.27 bits per heavy atom. The van der Waals surface area contributed by atoms with Crippen molar-refractivity contribution in [1.82, 2.24) is 20.6 Å². The van der Waals surface area contributed by atoms with Gasteiger partial charge in [0.25, 0.3) is 0 Å². The first-order valence-electron chi connectivity index (χ1n) is 8.75. The molecule has 0 bridgehead atoms. The molecule has 0 spiro atoms. The van der Waals surface area contributed by atoms with Crippen molar-refractivity contribution < 1.29 is 14.2 Å². The number of ether oxygens (including phenoxy) is 3. The number of benzene rings is 2. The highest BCUT2D eigenvalue weighted by Gasteiger charge is 2.11. The Balaban J connectivity index is 1.43. The van der Waals surface area contributed by atoms with Crippen LogP contribution in [0.3, 0.4) is 0 Å². The highest BCUT2D eigenvalue weighted by molar-refractivity contribution is 6.55. The van der Waals surface area contributed by atoms with Gasteiger partial charge in [0.2, 0.25) is 5.82 Å². The van der Waals surface area contributed by atoms with Gasteiger partial charge in [-0.25, -0.2) is 0 Å². The standard InChI is InChI=1S/C19H16Cl4N4O3/c20-15-10-14(29-9-6-17(22)23)11-16(21)18(15)30-8-1-7-28-13-4-2-12(3-5-13)19-24-26-27-25-19/h2-6,10-11H,1,7-9H2,(H,24,25,26,27). The van der Waals surface area contributed by atoms with Gasteiger partial charge in [0.15, 0.2) is 5.75 Å². The van der Waals surface area contributed by atoms with Gasteiger partial charge in [-0.15, -0.1) is 10.2 Å². The van der Waals surface area contributed by atoms with Crippen LogP contribution < -0.4 is 14.2 Å². The van der Waals surface area contributed by atoms with Gasteiger partial charge in [-0.1, -0.05) is 46.4 Å². The topological polar surface area (TPSA) is 82.1 Å². The Morgan fingerprint density at radius 2 is 1.63 bits per heavy atom. The van der Waals surface area contributed by atoms with E-state index in [1.807, 2.05) is 24.3 Å². The van der Waals surface area contributed by atoms with E-state index in [-0.39, 0.29) is 11.1 Å². The second-order valence-corrected chi connectivity index (χ2v) is 7.65. The van der Waals surface area contributed by atoms with Crippen molar-refractivity contribution in [3.63, 3.8) is 0 Å². The van der Waals surface area contributed by atoms with Crippen LogP contribution in [0, 0.1) is 0 Å². The Morgan fingerprint density at radius 1 is 0.933 bits per heavy atom. The average molecular weight is 490 g/mol. The zero-order valence-corrected chi connectivity index (χ0v) is 18.5. The van der Waals surface area contributed by atoms with E-state index in [1.54, 1.807) is 12.1 Å². The molecule has 0 aliphatic rings. The van der Waals surface area contributed by atoms with Crippen LogP contribution >= 0.6 is 46.4 Å². The molecule has 0 fully saturated rings. The van der Waals surface area contributed by atoms with E-state index in [4.69, 9.17) is 60.6 Å². The minimum Gasteiger partial charge on any atom is -0.493 e. The molecule has 11 heteroatoms. The molecule has 7 nitrogen and oxygen atoms in total. The van der Waals surface area contributed by atoms with Crippen molar-refractivity contribution in [3.8, 4) is 28.6 Å². The number of nitrogens with one attached hydrogen (secondary N) is 1. The van der Waals surface area contributed by atoms with Crippen molar-refractivity contribution in [2.45, 2.75) is 6.42 Å². The lowest BCUT2D eigenvalue weighted by Crippen LogP contribution is -2.05. The molecular weight excluding hydrogens is 474 g/mol. The lowest BCUT2D eigenvalue weighted by Gasteiger charge is -2.12. The fourth-order valence-electron chi connectivity index (χ4n) is 2.37. The van der Waals surface area contributed by atoms with Crippen LogP contribution in [-0.4, -0.2) is 40.4 Å². The van der Waals surface area contributed by atoms with Gasteiger partial charge in [0.1, 0.15) is 22.6 Å². The second-order valence-electron chi connectivity index (χ2n) is 5.83. The van der Waals surface area contributed by atoms with Crippen LogP contribution in [0.2, 0.25) is 10.0 Å². The number of aromatic nitrogens is 4. The molecule has 0 radical (unpaired) electrons. The molecule has 1 aromatic heterocycles. The van der Waals surface area contributed by atoms with E-state index in [0.717, 1.165) is 11.3 Å². The van der Waals surface area contributed by atoms with Gasteiger partial charge in [-0.05, 0) is 35.6 Å². The van der Waals surface area contributed by atoms with Crippen molar-refractivity contribution in [2.24, 2.45) is 0 Å². The number of nitrogens with zero attached hydrogens (tertiary/aromatic N) is 3. The lowest BCUT2D eigenvalue weighted by molar-refractivity contribution is 0.247. The predicted octanol–water partition coefficient (Wildman–Crippen LogP) is 5.72. The quantitative estimate of drug-likeness (QED) is 0.367. The van der Waals surface area contributed by atoms with E-state index in [1.165, 1.54) is 6.08 Å². The van der Waals surface area contributed by atoms with Gasteiger partial charge in [-0.2, -0.15) is 5.21 Å². The number of tetrazole rings is 1. The molecule has 2 aromatic carbocycles. The summed E-state index contributed by atoms with van der Waals surface area (Å²) in [6.07, 6.45) is 2.14. The van der Waals surface area contributed by atoms with E-state index < -0.39 is 0 Å². The molecule has 1 N–H and O–H groups in total. The van der Waals surface area contributed by atoms with Crippen molar-refractivity contribution in [2.75, 3.05) is 19.8 Å². The van der Waals surface area contributed by atoms with E-state index in [2.05, 4.69) is 20.6 Å². The fraction of sp³-hybridized carbons (Fsp3) is 0.211. The van der Waals surface area contributed by atoms with Crippen LogP contribution in [-0.2, 0) is 0 Å². The predicted molar refractivity (Wildman–Crippen MR) is 117 cm³/mol. The normalized spacial score (nSPS) is 10.5. The van der Waals surface area contributed by atoms with Crippen LogP contribution in [0.1, 0.15) is 6.42 Å². The molecule has 0 aliphatic heterocycles. The zero-order valence-electron chi connectivity index (χ0n) is 15.4. The molecule has 0 saturated heterocycles. The number of halogens is 4. The highest BCUT2D eigenvalue weighted by Crippen LogP contribution is 2.37. The first kappa shape index (κ1) is 22.5. The monoisotopic (exact) mass is 488 g/mol. The summed E-state index contributed by atoms with van der Waals surface area (Å²) in [5.74, 6) is 2.13. The molecular formula is C19H16Cl4N4O3. The average Bonchev–Trinajstić information content (AvgIpc) is 3.24. The number of hydrogen-bond donors (Lipinski definition) is 1. The number of H-pyrrole nitrogens is 1. The number of aromatic amines is 1. The molecule has 0 saturated carbocycles. The minimum atomic E-state index is 0.122. The number of rotatable bonds is 10. The summed E-state index contributed by atoms with van der Waals surface area (Å²) in [5, 5.41) is 14.5. The van der Waals surface area contributed by atoms with Crippen LogP contribution in [0.25, 0.3) is 11.4 Å². The summed E-state index contributed by atoms with van der Waals surface area (Å²) in [5.41, 5.74) is 0.845. The maximum atomic E-state index is 6.24. The first-order chi connectivity index (χ1) is 14.5. The van der Waals surface area contributed by atoms with Crippen molar-refractivity contribution >= 4 is 46.4 Å². The Kier molecular flexibility index (Phi) is 8.45. The Labute approximate surface area is 192 Å². The van der Waals surface area contributed by atoms with Gasteiger partial charge < -0.3 is 14.2 Å². The van der Waals surface area contributed by atoms with E-state index in [9.17, 15) is 0 Å². The maximum absolute atomic E-state index is 6.24. The smallest absolute Gasteiger partial charge is 0.204 e. The minimum absolute atomic E-state index is 0.122. The molecule has 158 valence electrons. The van der Waals surface area contributed by atoms with Crippen LogP contribution in [0.4, 0.5) is 0 Å². The summed E-state index contributed by atoms with van der Waals surface area (Å²) in [4.78, 5) is 0. The summed E-state index contributed by atoms with van der Waals surface area (Å²) >= 11 is 23.5. The molecule has 30 heavy (non-hydrogen) atoms. The molecule has 0 aliphatic carbocycles. The molecule has 3 rings (SSSR count). The third-order valence-corrected chi connectivity index (χ3v) is 4.59. The van der Waals surface area contributed by atoms with Crippen molar-refractivity contribution in [1.29, 1.82) is 0 Å². The van der Waals surface area contributed by atoms with E-state index >= 15 is 0 Å². The largest absolute Gasteiger partial charge is 0.493 e. The molecule has 0 atom stereocenters. The number of hydrogen-bond acceptors (Lipinski definition) is 6. The van der Waals surface area contributed by atoms with Gasteiger partial charge in [0.05, 0.1) is 23.3 Å². The maximum Gasteiger partial charge on any atom is 0.204 e. The molecule has 0 amide bonds. The summed E-state index contributed by atoms with van der Waals surface area (Å²) in [6, 6.07) is 10.6. The summed E-state index contributed by atoms with van der Waals surface area (Å²) in [6.45, 7) is 1.04. The van der Waals surface area contributed by atoms with Crippen LogP contribution in [0.5, 0.6) is 17.2 Å².